The third-order valence-corrected chi connectivity index (χ3v) is 4.88. The van der Waals surface area contributed by atoms with Crippen molar-refractivity contribution in [2.45, 2.75) is 19.8 Å². The normalized spacial score (nSPS) is 14.9. The van der Waals surface area contributed by atoms with Crippen molar-refractivity contribution in [2.24, 2.45) is 5.92 Å². The van der Waals surface area contributed by atoms with Crippen LogP contribution in [0.2, 0.25) is 0 Å². The van der Waals surface area contributed by atoms with E-state index in [1.165, 1.54) is 6.33 Å². The number of anilines is 2. The fraction of sp³-hybridized carbons (Fsp3) is 0.316. The minimum absolute atomic E-state index is 0.0169. The molecule has 0 aliphatic carbocycles. The maximum atomic E-state index is 12.6. The third-order valence-electron chi connectivity index (χ3n) is 4.88. The summed E-state index contributed by atoms with van der Waals surface area (Å²) in [5.41, 5.74) is 1.96. The van der Waals surface area contributed by atoms with Gasteiger partial charge in [-0.15, -0.1) is 10.2 Å². The van der Waals surface area contributed by atoms with Crippen molar-refractivity contribution in [3.63, 3.8) is 0 Å². The average molecular weight is 363 g/mol. The van der Waals surface area contributed by atoms with E-state index in [0.717, 1.165) is 43.0 Å². The van der Waals surface area contributed by atoms with Gasteiger partial charge in [-0.25, -0.2) is 9.67 Å². The number of amides is 1. The van der Waals surface area contributed by atoms with Crippen LogP contribution in [-0.2, 0) is 4.79 Å². The lowest BCUT2D eigenvalue weighted by Gasteiger charge is -2.31. The Morgan fingerprint density at radius 1 is 1.07 bits per heavy atom. The summed E-state index contributed by atoms with van der Waals surface area (Å²) < 4.78 is 1.57. The summed E-state index contributed by atoms with van der Waals surface area (Å²) in [6.07, 6.45) is 4.64. The zero-order valence-corrected chi connectivity index (χ0v) is 15.1. The van der Waals surface area contributed by atoms with Gasteiger partial charge in [-0.3, -0.25) is 4.79 Å². The van der Waals surface area contributed by atoms with E-state index in [-0.39, 0.29) is 11.8 Å². The Morgan fingerprint density at radius 3 is 2.48 bits per heavy atom. The maximum absolute atomic E-state index is 12.6. The summed E-state index contributed by atoms with van der Waals surface area (Å²) in [6, 6.07) is 11.6. The minimum atomic E-state index is 0.0169. The zero-order valence-electron chi connectivity index (χ0n) is 15.1. The maximum Gasteiger partial charge on any atom is 0.227 e. The first kappa shape index (κ1) is 17.1. The largest absolute Gasteiger partial charge is 0.355 e. The monoisotopic (exact) mass is 363 g/mol. The van der Waals surface area contributed by atoms with Gasteiger partial charge in [-0.1, -0.05) is 18.2 Å². The number of aromatic nitrogens is 5. The first-order valence-electron chi connectivity index (χ1n) is 9.01. The van der Waals surface area contributed by atoms with E-state index in [2.05, 4.69) is 30.5 Å². The smallest absolute Gasteiger partial charge is 0.227 e. The summed E-state index contributed by atoms with van der Waals surface area (Å²) in [5, 5.41) is 15.6. The van der Waals surface area contributed by atoms with E-state index in [4.69, 9.17) is 0 Å². The SMILES string of the molecule is Cc1ccccc1NC(=O)C1CCN(c2ccc(-n3cncn3)nn2)CC1. The van der Waals surface area contributed by atoms with E-state index < -0.39 is 0 Å². The van der Waals surface area contributed by atoms with E-state index in [9.17, 15) is 4.79 Å². The van der Waals surface area contributed by atoms with E-state index >= 15 is 0 Å². The molecule has 3 aromatic rings. The van der Waals surface area contributed by atoms with Crippen LogP contribution in [0.25, 0.3) is 5.82 Å². The molecule has 8 nitrogen and oxygen atoms in total. The van der Waals surface area contributed by atoms with Crippen LogP contribution in [-0.4, -0.2) is 44.0 Å². The molecular weight excluding hydrogens is 342 g/mol. The van der Waals surface area contributed by atoms with Crippen LogP contribution in [0.4, 0.5) is 11.5 Å². The second-order valence-corrected chi connectivity index (χ2v) is 6.66. The van der Waals surface area contributed by atoms with Crippen LogP contribution in [0.3, 0.4) is 0 Å². The van der Waals surface area contributed by atoms with Gasteiger partial charge in [0, 0.05) is 24.7 Å². The topological polar surface area (TPSA) is 88.8 Å². The summed E-state index contributed by atoms with van der Waals surface area (Å²) >= 11 is 0. The van der Waals surface area contributed by atoms with Gasteiger partial charge in [0.1, 0.15) is 12.7 Å². The molecule has 0 saturated carbocycles. The number of piperidine rings is 1. The molecule has 2 aromatic heterocycles. The summed E-state index contributed by atoms with van der Waals surface area (Å²) in [5.74, 6) is 1.56. The average Bonchev–Trinajstić information content (AvgIpc) is 3.25. The molecule has 0 unspecified atom stereocenters. The highest BCUT2D eigenvalue weighted by Gasteiger charge is 2.26. The van der Waals surface area contributed by atoms with Crippen LogP contribution in [0.15, 0.2) is 49.1 Å². The van der Waals surface area contributed by atoms with Crippen LogP contribution in [0.5, 0.6) is 0 Å². The van der Waals surface area contributed by atoms with Crippen molar-refractivity contribution < 1.29 is 4.79 Å². The van der Waals surface area contributed by atoms with Gasteiger partial charge in [0.05, 0.1) is 0 Å². The van der Waals surface area contributed by atoms with Crippen LogP contribution in [0.1, 0.15) is 18.4 Å². The highest BCUT2D eigenvalue weighted by Crippen LogP contribution is 2.24. The predicted molar refractivity (Wildman–Crippen MR) is 102 cm³/mol. The Labute approximate surface area is 157 Å². The van der Waals surface area contributed by atoms with E-state index in [0.29, 0.717) is 5.82 Å². The molecule has 0 spiro atoms. The molecule has 138 valence electrons. The Morgan fingerprint density at radius 2 is 1.81 bits per heavy atom. The van der Waals surface area contributed by atoms with Gasteiger partial charge in [-0.2, -0.15) is 5.10 Å². The van der Waals surface area contributed by atoms with Crippen molar-refractivity contribution in [1.82, 2.24) is 25.0 Å². The number of rotatable bonds is 4. The van der Waals surface area contributed by atoms with Crippen molar-refractivity contribution in [3.05, 3.63) is 54.6 Å². The lowest BCUT2D eigenvalue weighted by atomic mass is 9.95. The Balaban J connectivity index is 1.34. The fourth-order valence-corrected chi connectivity index (χ4v) is 3.25. The van der Waals surface area contributed by atoms with Gasteiger partial charge in [0.2, 0.25) is 5.91 Å². The van der Waals surface area contributed by atoms with Crippen molar-refractivity contribution in [2.75, 3.05) is 23.3 Å². The highest BCUT2D eigenvalue weighted by atomic mass is 16.1. The molecular formula is C19H21N7O. The molecule has 1 amide bonds. The molecule has 3 heterocycles. The lowest BCUT2D eigenvalue weighted by molar-refractivity contribution is -0.120. The van der Waals surface area contributed by atoms with Crippen LogP contribution < -0.4 is 10.2 Å². The second kappa shape index (κ2) is 7.53. The third kappa shape index (κ3) is 3.79. The molecule has 0 bridgehead atoms. The fourth-order valence-electron chi connectivity index (χ4n) is 3.25. The Kier molecular flexibility index (Phi) is 4.78. The summed E-state index contributed by atoms with van der Waals surface area (Å²) in [4.78, 5) is 18.6. The quantitative estimate of drug-likeness (QED) is 0.765. The van der Waals surface area contributed by atoms with Crippen molar-refractivity contribution >= 4 is 17.4 Å². The van der Waals surface area contributed by atoms with Gasteiger partial charge in [-0.05, 0) is 43.5 Å². The molecule has 1 aliphatic heterocycles. The van der Waals surface area contributed by atoms with Gasteiger partial charge < -0.3 is 10.2 Å². The van der Waals surface area contributed by atoms with Gasteiger partial charge in [0.15, 0.2) is 11.6 Å². The molecule has 4 rings (SSSR count). The molecule has 1 aliphatic rings. The van der Waals surface area contributed by atoms with Crippen LogP contribution >= 0.6 is 0 Å². The molecule has 0 atom stereocenters. The predicted octanol–water partition coefficient (Wildman–Crippen LogP) is 2.22. The molecule has 27 heavy (non-hydrogen) atoms. The summed E-state index contributed by atoms with van der Waals surface area (Å²) in [6.45, 7) is 3.56. The number of carbonyl (C=O) groups is 1. The first-order chi connectivity index (χ1) is 13.2. The molecule has 1 fully saturated rings. The number of nitrogens with one attached hydrogen (secondary N) is 1. The number of para-hydroxylation sites is 1. The minimum Gasteiger partial charge on any atom is -0.355 e. The first-order valence-corrected chi connectivity index (χ1v) is 9.01. The molecule has 0 radical (unpaired) electrons. The second-order valence-electron chi connectivity index (χ2n) is 6.66. The zero-order chi connectivity index (χ0) is 18.6. The Hall–Kier alpha value is -3.29. The lowest BCUT2D eigenvalue weighted by Crippen LogP contribution is -2.38. The Bertz CT molecular complexity index is 900. The number of nitrogens with zero attached hydrogens (tertiary/aromatic N) is 6. The van der Waals surface area contributed by atoms with E-state index in [1.54, 1.807) is 11.0 Å². The van der Waals surface area contributed by atoms with Crippen molar-refractivity contribution in [3.8, 4) is 5.82 Å². The van der Waals surface area contributed by atoms with E-state index in [1.807, 2.05) is 43.3 Å². The molecule has 1 aromatic carbocycles. The number of aryl methyl sites for hydroxylation is 1. The molecule has 8 heteroatoms. The van der Waals surface area contributed by atoms with Gasteiger partial charge in [0.25, 0.3) is 0 Å². The number of carbonyl (C=O) groups excluding carboxylic acids is 1. The van der Waals surface area contributed by atoms with Gasteiger partial charge >= 0.3 is 0 Å². The van der Waals surface area contributed by atoms with Crippen LogP contribution in [0, 0.1) is 12.8 Å². The van der Waals surface area contributed by atoms with Crippen molar-refractivity contribution in [1.29, 1.82) is 0 Å². The number of hydrogen-bond donors (Lipinski definition) is 1. The summed E-state index contributed by atoms with van der Waals surface area (Å²) in [7, 11) is 0. The highest BCUT2D eigenvalue weighted by molar-refractivity contribution is 5.93. The molecule has 1 N–H and O–H groups in total. The number of hydrogen-bond acceptors (Lipinski definition) is 6. The molecule has 1 saturated heterocycles. The number of benzene rings is 1. The standard InChI is InChI=1S/C19H21N7O/c1-14-4-2-3-5-16(14)22-19(27)15-8-10-25(11-9-15)17-6-7-18(24-23-17)26-13-20-12-21-26/h2-7,12-13,15H,8-11H2,1H3,(H,22,27).